The Bertz CT molecular complexity index is 709. The van der Waals surface area contributed by atoms with Crippen LogP contribution in [0.25, 0.3) is 0 Å². The van der Waals surface area contributed by atoms with Gasteiger partial charge in [-0.1, -0.05) is 19.1 Å². The van der Waals surface area contributed by atoms with Gasteiger partial charge in [0.1, 0.15) is 5.75 Å². The minimum atomic E-state index is -4.67. The van der Waals surface area contributed by atoms with E-state index in [9.17, 15) is 13.2 Å². The van der Waals surface area contributed by atoms with Gasteiger partial charge in [0, 0.05) is 11.3 Å². The molecule has 3 nitrogen and oxygen atoms in total. The van der Waals surface area contributed by atoms with Crippen LogP contribution in [-0.2, 0) is 12.8 Å². The van der Waals surface area contributed by atoms with Gasteiger partial charge < -0.3 is 10.1 Å². The maximum absolute atomic E-state index is 12.4. The highest BCUT2D eigenvalue weighted by atomic mass is 32.1. The van der Waals surface area contributed by atoms with Gasteiger partial charge in [0.25, 0.3) is 0 Å². The lowest BCUT2D eigenvalue weighted by atomic mass is 9.95. The molecule has 1 aromatic carbocycles. The van der Waals surface area contributed by atoms with Crippen molar-refractivity contribution in [3.63, 3.8) is 0 Å². The lowest BCUT2D eigenvalue weighted by Gasteiger charge is -2.22. The van der Waals surface area contributed by atoms with E-state index >= 15 is 0 Å². The zero-order valence-electron chi connectivity index (χ0n) is 14.0. The second-order valence-corrected chi connectivity index (χ2v) is 7.28. The van der Waals surface area contributed by atoms with E-state index in [0.29, 0.717) is 12.3 Å². The van der Waals surface area contributed by atoms with Gasteiger partial charge in [-0.15, -0.1) is 24.5 Å². The first kappa shape index (κ1) is 18.2. The molecule has 0 atom stereocenters. The summed E-state index contributed by atoms with van der Waals surface area (Å²) in [6.45, 7) is 4.15. The van der Waals surface area contributed by atoms with E-state index in [1.54, 1.807) is 23.5 Å². The van der Waals surface area contributed by atoms with Gasteiger partial charge in [0.2, 0.25) is 0 Å². The maximum Gasteiger partial charge on any atom is 0.573 e. The first-order valence-corrected chi connectivity index (χ1v) is 9.30. The third-order valence-corrected chi connectivity index (χ3v) is 5.56. The van der Waals surface area contributed by atoms with Crippen molar-refractivity contribution < 1.29 is 17.9 Å². The number of piperidine rings is 1. The Morgan fingerprint density at radius 2 is 2.04 bits per heavy atom. The van der Waals surface area contributed by atoms with Crippen molar-refractivity contribution in [1.82, 2.24) is 10.3 Å². The Balaban J connectivity index is 1.76. The monoisotopic (exact) mass is 370 g/mol. The van der Waals surface area contributed by atoms with E-state index < -0.39 is 6.36 Å². The van der Waals surface area contributed by atoms with Crippen LogP contribution >= 0.6 is 11.3 Å². The van der Waals surface area contributed by atoms with Crippen molar-refractivity contribution in [2.75, 3.05) is 13.1 Å². The van der Waals surface area contributed by atoms with Gasteiger partial charge in [-0.25, -0.2) is 4.98 Å². The molecular formula is C18H21F3N2OS. The molecule has 0 saturated carbocycles. The molecule has 0 amide bonds. The average molecular weight is 370 g/mol. The Morgan fingerprint density at radius 3 is 2.72 bits per heavy atom. The van der Waals surface area contributed by atoms with E-state index in [1.807, 2.05) is 0 Å². The van der Waals surface area contributed by atoms with E-state index in [4.69, 9.17) is 4.98 Å². The third-order valence-electron chi connectivity index (χ3n) is 4.30. The lowest BCUT2D eigenvalue weighted by molar-refractivity contribution is -0.274. The predicted molar refractivity (Wildman–Crippen MR) is 92.3 cm³/mol. The van der Waals surface area contributed by atoms with Gasteiger partial charge in [-0.3, -0.25) is 0 Å². The number of rotatable bonds is 5. The molecule has 0 radical (unpaired) electrons. The van der Waals surface area contributed by atoms with E-state index in [2.05, 4.69) is 17.0 Å². The molecule has 0 unspecified atom stereocenters. The van der Waals surface area contributed by atoms with Crippen molar-refractivity contribution in [3.05, 3.63) is 45.4 Å². The molecule has 1 aliphatic heterocycles. The second kappa shape index (κ2) is 7.74. The van der Waals surface area contributed by atoms with Crippen LogP contribution in [0.15, 0.2) is 24.3 Å². The molecule has 0 spiro atoms. The largest absolute Gasteiger partial charge is 0.573 e. The number of hydrogen-bond donors (Lipinski definition) is 1. The summed E-state index contributed by atoms with van der Waals surface area (Å²) in [6.07, 6.45) is -1.03. The summed E-state index contributed by atoms with van der Waals surface area (Å²) >= 11 is 1.70. The number of nitrogens with zero attached hydrogens (tertiary/aromatic N) is 1. The van der Waals surface area contributed by atoms with Gasteiger partial charge in [-0.05, 0) is 56.0 Å². The van der Waals surface area contributed by atoms with Crippen molar-refractivity contribution in [1.29, 1.82) is 0 Å². The molecule has 2 aromatic rings. The molecule has 1 saturated heterocycles. The quantitative estimate of drug-likeness (QED) is 0.831. The topological polar surface area (TPSA) is 34.1 Å². The standard InChI is InChI=1S/C18H21F3N2OS/c1-2-15-17(13-6-8-22-9-7-13)25-16(23-15)11-12-4-3-5-14(10-12)24-18(19,20)21/h3-5,10,13,22H,2,6-9,11H2,1H3. The molecule has 7 heteroatoms. The first-order chi connectivity index (χ1) is 11.9. The minimum Gasteiger partial charge on any atom is -0.406 e. The fourth-order valence-electron chi connectivity index (χ4n) is 3.17. The van der Waals surface area contributed by atoms with E-state index in [-0.39, 0.29) is 5.75 Å². The summed E-state index contributed by atoms with van der Waals surface area (Å²) in [5.41, 5.74) is 1.91. The van der Waals surface area contributed by atoms with Crippen LogP contribution in [0.5, 0.6) is 5.75 Å². The summed E-state index contributed by atoms with van der Waals surface area (Å²) in [4.78, 5) is 6.09. The fraction of sp³-hybridized carbons (Fsp3) is 0.500. The van der Waals surface area contributed by atoms with Crippen LogP contribution in [0.4, 0.5) is 13.2 Å². The molecule has 0 aliphatic carbocycles. The lowest BCUT2D eigenvalue weighted by Crippen LogP contribution is -2.26. The smallest absolute Gasteiger partial charge is 0.406 e. The van der Waals surface area contributed by atoms with Gasteiger partial charge in [0.05, 0.1) is 10.7 Å². The highest BCUT2D eigenvalue weighted by Crippen LogP contribution is 2.34. The van der Waals surface area contributed by atoms with E-state index in [1.165, 1.54) is 17.0 Å². The summed E-state index contributed by atoms with van der Waals surface area (Å²) < 4.78 is 41.1. The molecule has 1 N–H and O–H groups in total. The number of nitrogens with one attached hydrogen (secondary N) is 1. The number of aryl methyl sites for hydroxylation is 1. The van der Waals surface area contributed by atoms with Crippen molar-refractivity contribution in [2.45, 2.75) is 44.9 Å². The maximum atomic E-state index is 12.4. The van der Waals surface area contributed by atoms with Crippen LogP contribution in [0.1, 0.15) is 46.8 Å². The molecular weight excluding hydrogens is 349 g/mol. The summed E-state index contributed by atoms with van der Waals surface area (Å²) in [7, 11) is 0. The molecule has 1 aliphatic rings. The third kappa shape index (κ3) is 4.95. The molecule has 136 valence electrons. The Labute approximate surface area is 149 Å². The van der Waals surface area contributed by atoms with Crippen molar-refractivity contribution in [3.8, 4) is 5.75 Å². The number of aromatic nitrogens is 1. The zero-order chi connectivity index (χ0) is 17.9. The van der Waals surface area contributed by atoms with Crippen LogP contribution in [0, 0.1) is 0 Å². The van der Waals surface area contributed by atoms with Crippen LogP contribution < -0.4 is 10.1 Å². The molecule has 3 rings (SSSR count). The van der Waals surface area contributed by atoms with Crippen LogP contribution in [0.3, 0.4) is 0 Å². The summed E-state index contributed by atoms with van der Waals surface area (Å²) in [5.74, 6) is 0.359. The molecule has 2 heterocycles. The number of thiazole rings is 1. The summed E-state index contributed by atoms with van der Waals surface area (Å²) in [6, 6.07) is 6.14. The first-order valence-electron chi connectivity index (χ1n) is 8.48. The van der Waals surface area contributed by atoms with Gasteiger partial charge in [-0.2, -0.15) is 0 Å². The Kier molecular flexibility index (Phi) is 5.64. The highest BCUT2D eigenvalue weighted by molar-refractivity contribution is 7.11. The highest BCUT2D eigenvalue weighted by Gasteiger charge is 2.31. The number of halogens is 3. The van der Waals surface area contributed by atoms with Crippen LogP contribution in [0.2, 0.25) is 0 Å². The van der Waals surface area contributed by atoms with Gasteiger partial charge in [0.15, 0.2) is 0 Å². The zero-order valence-corrected chi connectivity index (χ0v) is 14.8. The molecule has 1 aromatic heterocycles. The fourth-order valence-corrected chi connectivity index (χ4v) is 4.53. The Hall–Kier alpha value is -1.60. The summed E-state index contributed by atoms with van der Waals surface area (Å²) in [5, 5.41) is 4.33. The average Bonchev–Trinajstić information content (AvgIpc) is 2.97. The molecule has 25 heavy (non-hydrogen) atoms. The number of alkyl halides is 3. The molecule has 1 fully saturated rings. The predicted octanol–water partition coefficient (Wildman–Crippen LogP) is 4.66. The minimum absolute atomic E-state index is 0.184. The second-order valence-electron chi connectivity index (χ2n) is 6.17. The normalized spacial score (nSPS) is 16.2. The van der Waals surface area contributed by atoms with Gasteiger partial charge >= 0.3 is 6.36 Å². The number of hydrogen-bond acceptors (Lipinski definition) is 4. The van der Waals surface area contributed by atoms with Crippen molar-refractivity contribution in [2.24, 2.45) is 0 Å². The SMILES string of the molecule is CCc1nc(Cc2cccc(OC(F)(F)F)c2)sc1C1CCNCC1. The van der Waals surface area contributed by atoms with E-state index in [0.717, 1.165) is 48.6 Å². The molecule has 0 bridgehead atoms. The number of ether oxygens (including phenoxy) is 1. The van der Waals surface area contributed by atoms with Crippen molar-refractivity contribution >= 4 is 11.3 Å². The van der Waals surface area contributed by atoms with Crippen LogP contribution in [-0.4, -0.2) is 24.4 Å². The number of benzene rings is 1. The Morgan fingerprint density at radius 1 is 1.28 bits per heavy atom.